The van der Waals surface area contributed by atoms with E-state index in [0.29, 0.717) is 29.3 Å². The summed E-state index contributed by atoms with van der Waals surface area (Å²) in [5.41, 5.74) is 3.48. The summed E-state index contributed by atoms with van der Waals surface area (Å²) in [4.78, 5) is 26.6. The molecule has 1 aliphatic rings. The van der Waals surface area contributed by atoms with Crippen LogP contribution in [0.25, 0.3) is 0 Å². The zero-order chi connectivity index (χ0) is 24.0. The van der Waals surface area contributed by atoms with E-state index in [0.717, 1.165) is 16.7 Å². The van der Waals surface area contributed by atoms with E-state index in [1.54, 1.807) is 24.3 Å². The van der Waals surface area contributed by atoms with Gasteiger partial charge in [0, 0.05) is 6.54 Å². The van der Waals surface area contributed by atoms with E-state index in [2.05, 4.69) is 10.6 Å². The highest BCUT2D eigenvalue weighted by atomic mass is 16.7. The monoisotopic (exact) mass is 464 g/mol. The fourth-order valence-corrected chi connectivity index (χ4v) is 4.11. The predicted octanol–water partition coefficient (Wildman–Crippen LogP) is 5.12. The Morgan fingerprint density at radius 1 is 0.743 bits per heavy atom. The van der Waals surface area contributed by atoms with E-state index >= 15 is 0 Å². The van der Waals surface area contributed by atoms with E-state index in [9.17, 15) is 9.59 Å². The minimum Gasteiger partial charge on any atom is -0.454 e. The van der Waals surface area contributed by atoms with Crippen LogP contribution in [0.5, 0.6) is 11.5 Å². The lowest BCUT2D eigenvalue weighted by Crippen LogP contribution is -2.27. The van der Waals surface area contributed by atoms with E-state index in [1.807, 2.05) is 78.9 Å². The molecule has 2 amide bonds. The highest BCUT2D eigenvalue weighted by molar-refractivity contribution is 6.05. The van der Waals surface area contributed by atoms with Crippen molar-refractivity contribution in [3.05, 3.63) is 125 Å². The number of benzene rings is 4. The molecular formula is C29H24N2O4. The molecule has 1 heterocycles. The second-order valence-electron chi connectivity index (χ2n) is 8.16. The predicted molar refractivity (Wildman–Crippen MR) is 134 cm³/mol. The van der Waals surface area contributed by atoms with Gasteiger partial charge in [-0.2, -0.15) is 0 Å². The Morgan fingerprint density at radius 3 is 2.09 bits per heavy atom. The highest BCUT2D eigenvalue weighted by Crippen LogP contribution is 2.32. The van der Waals surface area contributed by atoms with E-state index < -0.39 is 5.92 Å². The molecule has 0 bridgehead atoms. The number of hydrogen-bond donors (Lipinski definition) is 2. The number of rotatable bonds is 7. The number of carbonyl (C=O) groups is 2. The number of anilines is 1. The first kappa shape index (κ1) is 22.2. The minimum atomic E-state index is -0.512. The molecule has 35 heavy (non-hydrogen) atoms. The average Bonchev–Trinajstić information content (AvgIpc) is 3.37. The van der Waals surface area contributed by atoms with Gasteiger partial charge in [-0.3, -0.25) is 9.59 Å². The molecule has 0 aliphatic carbocycles. The van der Waals surface area contributed by atoms with E-state index in [4.69, 9.17) is 9.47 Å². The van der Waals surface area contributed by atoms with Crippen molar-refractivity contribution in [1.82, 2.24) is 5.32 Å². The molecular weight excluding hydrogens is 440 g/mol. The van der Waals surface area contributed by atoms with Crippen LogP contribution >= 0.6 is 0 Å². The van der Waals surface area contributed by atoms with Gasteiger partial charge in [-0.15, -0.1) is 0 Å². The smallest absolute Gasteiger partial charge is 0.253 e. The Labute approximate surface area is 203 Å². The molecule has 5 rings (SSSR count). The van der Waals surface area contributed by atoms with Crippen LogP contribution in [0.3, 0.4) is 0 Å². The van der Waals surface area contributed by atoms with Crippen molar-refractivity contribution >= 4 is 17.5 Å². The van der Waals surface area contributed by atoms with Crippen LogP contribution in [-0.4, -0.2) is 18.6 Å². The van der Waals surface area contributed by atoms with Crippen molar-refractivity contribution in [2.24, 2.45) is 0 Å². The van der Waals surface area contributed by atoms with Crippen molar-refractivity contribution in [3.8, 4) is 11.5 Å². The van der Waals surface area contributed by atoms with Crippen LogP contribution < -0.4 is 20.1 Å². The first-order valence-electron chi connectivity index (χ1n) is 11.4. The number of fused-ring (bicyclic) bond motifs is 1. The zero-order valence-corrected chi connectivity index (χ0v) is 18.9. The third-order valence-corrected chi connectivity index (χ3v) is 5.85. The lowest BCUT2D eigenvalue weighted by Gasteiger charge is -2.19. The molecule has 0 radical (unpaired) electrons. The third-order valence-electron chi connectivity index (χ3n) is 5.85. The largest absolute Gasteiger partial charge is 0.454 e. The normalized spacial score (nSPS) is 11.8. The summed E-state index contributed by atoms with van der Waals surface area (Å²) in [7, 11) is 0. The summed E-state index contributed by atoms with van der Waals surface area (Å²) in [5.74, 6) is 0.354. The molecule has 0 saturated carbocycles. The summed E-state index contributed by atoms with van der Waals surface area (Å²) in [6, 6.07) is 31.8. The van der Waals surface area contributed by atoms with Gasteiger partial charge in [-0.25, -0.2) is 0 Å². The summed E-state index contributed by atoms with van der Waals surface area (Å²) in [6.45, 7) is 0.513. The molecule has 0 unspecified atom stereocenters. The number of ether oxygens (including phenoxy) is 2. The fourth-order valence-electron chi connectivity index (χ4n) is 4.11. The van der Waals surface area contributed by atoms with Gasteiger partial charge in [0.25, 0.3) is 5.91 Å². The van der Waals surface area contributed by atoms with Crippen LogP contribution in [0.1, 0.15) is 33.0 Å². The van der Waals surface area contributed by atoms with Crippen LogP contribution in [0.2, 0.25) is 0 Å². The van der Waals surface area contributed by atoms with Gasteiger partial charge in [0.15, 0.2) is 11.5 Å². The van der Waals surface area contributed by atoms with E-state index in [1.165, 1.54) is 0 Å². The maximum absolute atomic E-state index is 13.5. The van der Waals surface area contributed by atoms with Crippen molar-refractivity contribution in [3.63, 3.8) is 0 Å². The number of carbonyl (C=O) groups excluding carboxylic acids is 2. The Balaban J connectivity index is 1.34. The molecule has 0 aromatic heterocycles. The minimum absolute atomic E-state index is 0.200. The molecule has 6 nitrogen and oxygen atoms in total. The van der Waals surface area contributed by atoms with Gasteiger partial charge in [-0.1, -0.05) is 78.9 Å². The number of para-hydroxylation sites is 1. The molecule has 2 N–H and O–H groups in total. The molecule has 0 atom stereocenters. The van der Waals surface area contributed by atoms with Crippen molar-refractivity contribution in [2.75, 3.05) is 12.1 Å². The zero-order valence-electron chi connectivity index (χ0n) is 18.9. The fraction of sp³-hybridized carbons (Fsp3) is 0.103. The summed E-state index contributed by atoms with van der Waals surface area (Å²) in [6.07, 6.45) is 0. The molecule has 0 saturated heterocycles. The first-order valence-corrected chi connectivity index (χ1v) is 11.4. The van der Waals surface area contributed by atoms with Crippen LogP contribution in [0, 0.1) is 0 Å². The molecule has 0 spiro atoms. The SMILES string of the molecule is O=C(NCc1ccc2c(c1)OCO2)c1ccccc1NC(=O)C(c1ccccc1)c1ccccc1. The number of amides is 2. The van der Waals surface area contributed by atoms with Crippen LogP contribution in [0.4, 0.5) is 5.69 Å². The lowest BCUT2D eigenvalue weighted by molar-refractivity contribution is -0.116. The second-order valence-corrected chi connectivity index (χ2v) is 8.16. The quantitative estimate of drug-likeness (QED) is 0.398. The topological polar surface area (TPSA) is 76.7 Å². The lowest BCUT2D eigenvalue weighted by atomic mass is 9.90. The van der Waals surface area contributed by atoms with Gasteiger partial charge in [0.1, 0.15) is 0 Å². The van der Waals surface area contributed by atoms with Gasteiger partial charge in [-0.05, 0) is 41.0 Å². The molecule has 0 fully saturated rings. The molecule has 1 aliphatic heterocycles. The van der Waals surface area contributed by atoms with Gasteiger partial charge >= 0.3 is 0 Å². The van der Waals surface area contributed by atoms with E-state index in [-0.39, 0.29) is 18.6 Å². The molecule has 4 aromatic rings. The van der Waals surface area contributed by atoms with Crippen molar-refractivity contribution < 1.29 is 19.1 Å². The maximum atomic E-state index is 13.5. The van der Waals surface area contributed by atoms with Crippen molar-refractivity contribution in [1.29, 1.82) is 0 Å². The van der Waals surface area contributed by atoms with Gasteiger partial charge < -0.3 is 20.1 Å². The average molecular weight is 465 g/mol. The Morgan fingerprint density at radius 2 is 1.37 bits per heavy atom. The van der Waals surface area contributed by atoms with Crippen LogP contribution in [-0.2, 0) is 11.3 Å². The molecule has 6 heteroatoms. The van der Waals surface area contributed by atoms with Gasteiger partial charge in [0.05, 0.1) is 17.2 Å². The Bertz CT molecular complexity index is 1300. The number of hydrogen-bond acceptors (Lipinski definition) is 4. The molecule has 4 aromatic carbocycles. The summed E-state index contributed by atoms with van der Waals surface area (Å²) >= 11 is 0. The highest BCUT2D eigenvalue weighted by Gasteiger charge is 2.24. The standard InChI is InChI=1S/C29H24N2O4/c32-28(30-18-20-15-16-25-26(17-20)35-19-34-25)23-13-7-8-14-24(23)31-29(33)27(21-9-3-1-4-10-21)22-11-5-2-6-12-22/h1-17,27H,18-19H2,(H,30,32)(H,31,33). The number of nitrogens with one attached hydrogen (secondary N) is 2. The molecule has 174 valence electrons. The Hall–Kier alpha value is -4.58. The van der Waals surface area contributed by atoms with Crippen LogP contribution in [0.15, 0.2) is 103 Å². The van der Waals surface area contributed by atoms with Gasteiger partial charge in [0.2, 0.25) is 12.7 Å². The van der Waals surface area contributed by atoms with Crippen molar-refractivity contribution in [2.45, 2.75) is 12.5 Å². The summed E-state index contributed by atoms with van der Waals surface area (Å²) < 4.78 is 10.7. The third kappa shape index (κ3) is 5.01. The first-order chi connectivity index (χ1) is 17.2. The second kappa shape index (κ2) is 10.1. The summed E-state index contributed by atoms with van der Waals surface area (Å²) in [5, 5.41) is 5.91. The Kier molecular flexibility index (Phi) is 6.44. The maximum Gasteiger partial charge on any atom is 0.253 e.